The van der Waals surface area contributed by atoms with Gasteiger partial charge in [-0.1, -0.05) is 24.3 Å². The minimum atomic E-state index is -0.309. The Morgan fingerprint density at radius 1 is 1.70 bits per heavy atom. The third kappa shape index (κ3) is 1.47. The SMILES string of the molecule is [2H]C1C=CC(C(=O)OC)C=C1. The Labute approximate surface area is 61.6 Å². The van der Waals surface area contributed by atoms with E-state index in [2.05, 4.69) is 4.74 Å². The van der Waals surface area contributed by atoms with Crippen LogP contribution in [0.2, 0.25) is 0 Å². The molecular weight excluding hydrogens is 128 g/mol. The summed E-state index contributed by atoms with van der Waals surface area (Å²) in [6, 6.07) is 0. The predicted molar refractivity (Wildman–Crippen MR) is 38.4 cm³/mol. The lowest BCUT2D eigenvalue weighted by Gasteiger charge is -2.06. The van der Waals surface area contributed by atoms with Crippen LogP contribution >= 0.6 is 0 Å². The first kappa shape index (κ1) is 5.71. The molecule has 2 heteroatoms. The van der Waals surface area contributed by atoms with Crippen LogP contribution in [0.5, 0.6) is 0 Å². The summed E-state index contributed by atoms with van der Waals surface area (Å²) in [5, 5.41) is 0. The number of hydrogen-bond acceptors (Lipinski definition) is 2. The van der Waals surface area contributed by atoms with Gasteiger partial charge in [0.25, 0.3) is 0 Å². The largest absolute Gasteiger partial charge is 0.468 e. The third-order valence-corrected chi connectivity index (χ3v) is 1.33. The van der Waals surface area contributed by atoms with Crippen LogP contribution in [-0.2, 0) is 9.53 Å². The molecule has 54 valence electrons. The van der Waals surface area contributed by atoms with Crippen LogP contribution in [-0.4, -0.2) is 13.1 Å². The monoisotopic (exact) mass is 139 g/mol. The average Bonchev–Trinajstić information content (AvgIpc) is 2.05. The van der Waals surface area contributed by atoms with E-state index in [0.29, 0.717) is 0 Å². The Balaban J connectivity index is 2.58. The summed E-state index contributed by atoms with van der Waals surface area (Å²) >= 11 is 0. The molecule has 0 fully saturated rings. The molecule has 0 atom stereocenters. The molecule has 1 rings (SSSR count). The zero-order valence-electron chi connectivity index (χ0n) is 6.78. The highest BCUT2D eigenvalue weighted by Crippen LogP contribution is 2.09. The Morgan fingerprint density at radius 3 is 2.80 bits per heavy atom. The zero-order chi connectivity index (χ0) is 8.27. The highest BCUT2D eigenvalue weighted by atomic mass is 16.5. The van der Waals surface area contributed by atoms with Crippen molar-refractivity contribution < 1.29 is 10.9 Å². The molecule has 10 heavy (non-hydrogen) atoms. The van der Waals surface area contributed by atoms with Gasteiger partial charge in [0.2, 0.25) is 0 Å². The second-order valence-electron chi connectivity index (χ2n) is 2.01. The van der Waals surface area contributed by atoms with Crippen LogP contribution in [0, 0.1) is 5.92 Å². The maximum absolute atomic E-state index is 10.9. The Kier molecular flexibility index (Phi) is 1.83. The van der Waals surface area contributed by atoms with E-state index in [1.165, 1.54) is 7.11 Å². The van der Waals surface area contributed by atoms with Gasteiger partial charge in [-0.25, -0.2) is 0 Å². The lowest BCUT2D eigenvalue weighted by Crippen LogP contribution is -2.12. The van der Waals surface area contributed by atoms with Crippen LogP contribution in [0.15, 0.2) is 24.3 Å². The number of carbonyl (C=O) groups is 1. The molecule has 0 amide bonds. The number of hydrogen-bond donors (Lipinski definition) is 0. The van der Waals surface area contributed by atoms with Crippen molar-refractivity contribution in [2.45, 2.75) is 6.40 Å². The van der Waals surface area contributed by atoms with Crippen molar-refractivity contribution >= 4 is 5.97 Å². The number of methoxy groups -OCH3 is 1. The standard InChI is InChI=1S/C8H10O2/c1-10-8(9)7-5-3-2-4-6-7/h3-7H,2H2,1H3/i2D. The normalized spacial score (nSPS) is 31.5. The first-order valence-corrected chi connectivity index (χ1v) is 3.11. The van der Waals surface area contributed by atoms with Crippen LogP contribution < -0.4 is 0 Å². The molecular formula is C8H10O2. The van der Waals surface area contributed by atoms with Crippen molar-refractivity contribution in [3.8, 4) is 0 Å². The van der Waals surface area contributed by atoms with Crippen molar-refractivity contribution in [1.82, 2.24) is 0 Å². The summed E-state index contributed by atoms with van der Waals surface area (Å²) in [6.07, 6.45) is 6.40. The zero-order valence-corrected chi connectivity index (χ0v) is 5.78. The van der Waals surface area contributed by atoms with Crippen molar-refractivity contribution in [3.63, 3.8) is 0 Å². The molecule has 0 aliphatic heterocycles. The van der Waals surface area contributed by atoms with Crippen molar-refractivity contribution in [2.24, 2.45) is 5.92 Å². The third-order valence-electron chi connectivity index (χ3n) is 1.33. The van der Waals surface area contributed by atoms with Crippen LogP contribution in [0.3, 0.4) is 0 Å². The van der Waals surface area contributed by atoms with Crippen LogP contribution in [0.25, 0.3) is 0 Å². The fourth-order valence-corrected chi connectivity index (χ4v) is 0.789. The highest BCUT2D eigenvalue weighted by molar-refractivity contribution is 5.76. The molecule has 0 unspecified atom stereocenters. The second kappa shape index (κ2) is 3.20. The van der Waals surface area contributed by atoms with Gasteiger partial charge in [0, 0.05) is 1.37 Å². The van der Waals surface area contributed by atoms with Gasteiger partial charge in [0.05, 0.1) is 13.0 Å². The van der Waals surface area contributed by atoms with Gasteiger partial charge in [-0.3, -0.25) is 4.79 Å². The highest BCUT2D eigenvalue weighted by Gasteiger charge is 2.12. The molecule has 0 aromatic carbocycles. The van der Waals surface area contributed by atoms with Gasteiger partial charge in [-0.05, 0) is 6.40 Å². The Morgan fingerprint density at radius 2 is 2.30 bits per heavy atom. The minimum Gasteiger partial charge on any atom is -0.468 e. The number of rotatable bonds is 1. The fourth-order valence-electron chi connectivity index (χ4n) is 0.789. The van der Waals surface area contributed by atoms with E-state index in [-0.39, 0.29) is 18.3 Å². The van der Waals surface area contributed by atoms with Crippen molar-refractivity contribution in [1.29, 1.82) is 0 Å². The van der Waals surface area contributed by atoms with Gasteiger partial charge in [0.15, 0.2) is 0 Å². The summed E-state index contributed by atoms with van der Waals surface area (Å²) in [7, 11) is 1.36. The van der Waals surface area contributed by atoms with Gasteiger partial charge in [0.1, 0.15) is 0 Å². The number of esters is 1. The molecule has 0 radical (unpaired) electrons. The summed E-state index contributed by atoms with van der Waals surface area (Å²) < 4.78 is 11.8. The van der Waals surface area contributed by atoms with Crippen LogP contribution in [0.4, 0.5) is 0 Å². The maximum Gasteiger partial charge on any atom is 0.316 e. The quantitative estimate of drug-likeness (QED) is 0.404. The molecule has 1 aliphatic carbocycles. The van der Waals surface area contributed by atoms with Crippen molar-refractivity contribution in [2.75, 3.05) is 7.11 Å². The second-order valence-corrected chi connectivity index (χ2v) is 2.01. The number of allylic oxidation sites excluding steroid dienone is 2. The van der Waals surface area contributed by atoms with E-state index in [1.807, 2.05) is 0 Å². The molecule has 0 aromatic rings. The van der Waals surface area contributed by atoms with Gasteiger partial charge < -0.3 is 4.74 Å². The first-order chi connectivity index (χ1) is 5.24. The van der Waals surface area contributed by atoms with E-state index in [0.717, 1.165) is 0 Å². The molecule has 0 N–H and O–H groups in total. The molecule has 1 aliphatic rings. The van der Waals surface area contributed by atoms with E-state index in [1.54, 1.807) is 24.3 Å². The van der Waals surface area contributed by atoms with E-state index in [9.17, 15) is 4.79 Å². The molecule has 0 bridgehead atoms. The van der Waals surface area contributed by atoms with E-state index in [4.69, 9.17) is 1.37 Å². The molecule has 0 heterocycles. The smallest absolute Gasteiger partial charge is 0.316 e. The van der Waals surface area contributed by atoms with Gasteiger partial charge in [-0.2, -0.15) is 0 Å². The lowest BCUT2D eigenvalue weighted by atomic mass is 10.0. The fraction of sp³-hybridized carbons (Fsp3) is 0.375. The Bertz CT molecular complexity index is 194. The minimum absolute atomic E-state index is 0.274. The van der Waals surface area contributed by atoms with E-state index < -0.39 is 0 Å². The summed E-state index contributed by atoms with van der Waals surface area (Å²) in [5.41, 5.74) is 0. The van der Waals surface area contributed by atoms with Gasteiger partial charge >= 0.3 is 5.97 Å². The molecule has 0 saturated carbocycles. The lowest BCUT2D eigenvalue weighted by molar-refractivity contribution is -0.142. The molecule has 0 aromatic heterocycles. The molecule has 0 saturated heterocycles. The summed E-state index contributed by atoms with van der Waals surface area (Å²) in [6.45, 7) is 0. The number of ether oxygens (including phenoxy) is 1. The topological polar surface area (TPSA) is 26.3 Å². The molecule has 0 spiro atoms. The number of carbonyl (C=O) groups excluding carboxylic acids is 1. The van der Waals surface area contributed by atoms with Crippen molar-refractivity contribution in [3.05, 3.63) is 24.3 Å². The van der Waals surface area contributed by atoms with Crippen LogP contribution in [0.1, 0.15) is 7.77 Å². The summed E-state index contributed by atoms with van der Waals surface area (Å²) in [4.78, 5) is 10.9. The molecule has 2 nitrogen and oxygen atoms in total. The average molecular weight is 139 g/mol. The van der Waals surface area contributed by atoms with Gasteiger partial charge in [-0.15, -0.1) is 0 Å². The predicted octanol–water partition coefficient (Wildman–Crippen LogP) is 1.29. The van der Waals surface area contributed by atoms with E-state index >= 15 is 0 Å². The Hall–Kier alpha value is -1.05. The maximum atomic E-state index is 10.9. The summed E-state index contributed by atoms with van der Waals surface area (Å²) in [5.74, 6) is -0.564. The first-order valence-electron chi connectivity index (χ1n) is 3.68.